The highest BCUT2D eigenvalue weighted by atomic mass is 16.5. The molecular weight excluding hydrogens is 284 g/mol. The van der Waals surface area contributed by atoms with Crippen LogP contribution in [0.4, 0.5) is 0 Å². The van der Waals surface area contributed by atoms with Crippen LogP contribution in [0.2, 0.25) is 0 Å². The topological polar surface area (TPSA) is 92.4 Å². The predicted octanol–water partition coefficient (Wildman–Crippen LogP) is 2.64. The lowest BCUT2D eigenvalue weighted by Crippen LogP contribution is -2.04. The summed E-state index contributed by atoms with van der Waals surface area (Å²) in [6.45, 7) is 1.59. The van der Waals surface area contributed by atoms with Crippen LogP contribution in [0.5, 0.6) is 11.5 Å². The van der Waals surface area contributed by atoms with Gasteiger partial charge in [0, 0.05) is 11.6 Å². The van der Waals surface area contributed by atoms with Crippen molar-refractivity contribution >= 4 is 5.97 Å². The van der Waals surface area contributed by atoms with Gasteiger partial charge >= 0.3 is 5.97 Å². The Morgan fingerprint density at radius 2 is 1.77 bits per heavy atom. The minimum Gasteiger partial charge on any atom is -0.497 e. The number of aromatic nitrogens is 1. The van der Waals surface area contributed by atoms with Gasteiger partial charge in [0.2, 0.25) is 0 Å². The van der Waals surface area contributed by atoms with Crippen LogP contribution >= 0.6 is 0 Å². The molecule has 1 heterocycles. The number of ether oxygens (including phenoxy) is 2. The maximum absolute atomic E-state index is 11.1. The van der Waals surface area contributed by atoms with Crippen molar-refractivity contribution in [2.24, 2.45) is 0 Å². The SMILES string of the molecule is COc1cc(OC)cc(-c2nc(C)c(C(=O)O)cc2C#N)c1. The van der Waals surface area contributed by atoms with Crippen molar-refractivity contribution in [1.29, 1.82) is 5.26 Å². The summed E-state index contributed by atoms with van der Waals surface area (Å²) in [5.74, 6) is -0.00344. The molecule has 112 valence electrons. The summed E-state index contributed by atoms with van der Waals surface area (Å²) in [6.07, 6.45) is 0. The first kappa shape index (κ1) is 15.3. The first-order valence-corrected chi connectivity index (χ1v) is 6.38. The predicted molar refractivity (Wildman–Crippen MR) is 79.2 cm³/mol. The molecule has 22 heavy (non-hydrogen) atoms. The Balaban J connectivity index is 2.69. The molecule has 1 aromatic carbocycles. The average molecular weight is 298 g/mol. The minimum absolute atomic E-state index is 0.00941. The van der Waals surface area contributed by atoms with Crippen LogP contribution in [-0.4, -0.2) is 30.3 Å². The zero-order chi connectivity index (χ0) is 16.3. The van der Waals surface area contributed by atoms with Crippen LogP contribution in [0.25, 0.3) is 11.3 Å². The summed E-state index contributed by atoms with van der Waals surface area (Å²) in [5, 5.41) is 18.4. The van der Waals surface area contributed by atoms with Crippen molar-refractivity contribution in [2.45, 2.75) is 6.92 Å². The minimum atomic E-state index is -1.11. The molecule has 0 aliphatic carbocycles. The van der Waals surface area contributed by atoms with Crippen molar-refractivity contribution in [3.8, 4) is 28.8 Å². The van der Waals surface area contributed by atoms with E-state index in [9.17, 15) is 10.1 Å². The molecule has 0 fully saturated rings. The molecule has 2 rings (SSSR count). The Labute approximate surface area is 127 Å². The maximum Gasteiger partial charge on any atom is 0.337 e. The van der Waals surface area contributed by atoms with E-state index >= 15 is 0 Å². The third-order valence-electron chi connectivity index (χ3n) is 3.19. The van der Waals surface area contributed by atoms with Crippen LogP contribution in [0.3, 0.4) is 0 Å². The molecule has 2 aromatic rings. The van der Waals surface area contributed by atoms with Gasteiger partial charge in [-0.2, -0.15) is 5.26 Å². The van der Waals surface area contributed by atoms with Gasteiger partial charge in [-0.25, -0.2) is 4.79 Å². The number of hydrogen-bond donors (Lipinski definition) is 1. The van der Waals surface area contributed by atoms with Gasteiger partial charge < -0.3 is 14.6 Å². The second kappa shape index (κ2) is 6.14. The molecule has 0 bridgehead atoms. The Kier molecular flexibility index (Phi) is 4.28. The van der Waals surface area contributed by atoms with Crippen LogP contribution in [0.1, 0.15) is 21.6 Å². The van der Waals surface area contributed by atoms with Crippen molar-refractivity contribution in [3.63, 3.8) is 0 Å². The fraction of sp³-hybridized carbons (Fsp3) is 0.188. The molecule has 0 atom stereocenters. The molecule has 0 unspecified atom stereocenters. The second-order valence-corrected chi connectivity index (χ2v) is 4.54. The summed E-state index contributed by atoms with van der Waals surface area (Å²) >= 11 is 0. The van der Waals surface area contributed by atoms with Crippen LogP contribution < -0.4 is 9.47 Å². The van der Waals surface area contributed by atoms with E-state index in [-0.39, 0.29) is 11.1 Å². The molecule has 6 nitrogen and oxygen atoms in total. The molecular formula is C16H14N2O4. The van der Waals surface area contributed by atoms with E-state index in [1.165, 1.54) is 20.3 Å². The van der Waals surface area contributed by atoms with Gasteiger partial charge in [-0.05, 0) is 25.1 Å². The molecule has 0 aliphatic rings. The smallest absolute Gasteiger partial charge is 0.337 e. The average Bonchev–Trinajstić information content (AvgIpc) is 2.53. The zero-order valence-electron chi connectivity index (χ0n) is 12.4. The van der Waals surface area contributed by atoms with E-state index in [1.807, 2.05) is 6.07 Å². The quantitative estimate of drug-likeness (QED) is 0.932. The standard InChI is InChI=1S/C16H14N2O4/c1-9-14(16(19)20)6-11(8-17)15(18-9)10-4-12(21-2)7-13(5-10)22-3/h4-7H,1-3H3,(H,19,20). The number of methoxy groups -OCH3 is 2. The second-order valence-electron chi connectivity index (χ2n) is 4.54. The highest BCUT2D eigenvalue weighted by Gasteiger charge is 2.16. The Morgan fingerprint density at radius 3 is 2.23 bits per heavy atom. The first-order valence-electron chi connectivity index (χ1n) is 6.38. The van der Waals surface area contributed by atoms with Gasteiger partial charge in [0.05, 0.1) is 36.7 Å². The van der Waals surface area contributed by atoms with Gasteiger partial charge in [0.15, 0.2) is 0 Å². The number of rotatable bonds is 4. The van der Waals surface area contributed by atoms with Crippen molar-refractivity contribution in [1.82, 2.24) is 4.98 Å². The van der Waals surface area contributed by atoms with E-state index in [1.54, 1.807) is 25.1 Å². The fourth-order valence-electron chi connectivity index (χ4n) is 2.07. The summed E-state index contributed by atoms with van der Waals surface area (Å²) in [5.41, 5.74) is 1.53. The number of hydrogen-bond acceptors (Lipinski definition) is 5. The number of nitrogens with zero attached hydrogens (tertiary/aromatic N) is 2. The van der Waals surface area contributed by atoms with E-state index in [0.29, 0.717) is 28.5 Å². The monoisotopic (exact) mass is 298 g/mol. The Bertz CT molecular complexity index is 756. The third-order valence-corrected chi connectivity index (χ3v) is 3.19. The van der Waals surface area contributed by atoms with E-state index < -0.39 is 5.97 Å². The van der Waals surface area contributed by atoms with Gasteiger partial charge in [0.1, 0.15) is 17.6 Å². The number of carbonyl (C=O) groups is 1. The highest BCUT2D eigenvalue weighted by Crippen LogP contribution is 2.31. The molecule has 0 radical (unpaired) electrons. The molecule has 6 heteroatoms. The molecule has 1 aromatic heterocycles. The number of nitriles is 1. The molecule has 0 saturated heterocycles. The van der Waals surface area contributed by atoms with Crippen LogP contribution in [-0.2, 0) is 0 Å². The van der Waals surface area contributed by atoms with Crippen LogP contribution in [0, 0.1) is 18.3 Å². The fourth-order valence-corrected chi connectivity index (χ4v) is 2.07. The lowest BCUT2D eigenvalue weighted by atomic mass is 10.0. The third kappa shape index (κ3) is 2.83. The number of carboxylic acid groups (broad SMARTS) is 1. The molecule has 1 N–H and O–H groups in total. The summed E-state index contributed by atoms with van der Waals surface area (Å²) < 4.78 is 10.4. The van der Waals surface area contributed by atoms with Gasteiger partial charge in [0.25, 0.3) is 0 Å². The number of benzene rings is 1. The summed E-state index contributed by atoms with van der Waals surface area (Å²) in [4.78, 5) is 15.4. The van der Waals surface area contributed by atoms with Gasteiger partial charge in [-0.3, -0.25) is 4.98 Å². The molecule has 0 aliphatic heterocycles. The first-order chi connectivity index (χ1) is 10.5. The number of aromatic carboxylic acids is 1. The van der Waals surface area contributed by atoms with E-state index in [0.717, 1.165) is 0 Å². The Hall–Kier alpha value is -3.07. The van der Waals surface area contributed by atoms with E-state index in [4.69, 9.17) is 14.6 Å². The maximum atomic E-state index is 11.1. The Morgan fingerprint density at radius 1 is 1.18 bits per heavy atom. The van der Waals surface area contributed by atoms with E-state index in [2.05, 4.69) is 4.98 Å². The van der Waals surface area contributed by atoms with Gasteiger partial charge in [-0.15, -0.1) is 0 Å². The molecule has 0 spiro atoms. The van der Waals surface area contributed by atoms with Crippen molar-refractivity contribution < 1.29 is 19.4 Å². The lowest BCUT2D eigenvalue weighted by molar-refractivity contribution is 0.0695. The summed E-state index contributed by atoms with van der Waals surface area (Å²) in [6, 6.07) is 8.44. The number of carboxylic acids is 1. The molecule has 0 amide bonds. The molecule has 0 saturated carbocycles. The summed E-state index contributed by atoms with van der Waals surface area (Å²) in [7, 11) is 3.05. The zero-order valence-corrected chi connectivity index (χ0v) is 12.4. The van der Waals surface area contributed by atoms with Crippen LogP contribution in [0.15, 0.2) is 24.3 Å². The number of pyridine rings is 1. The van der Waals surface area contributed by atoms with Crippen molar-refractivity contribution in [2.75, 3.05) is 14.2 Å². The highest BCUT2D eigenvalue weighted by molar-refractivity contribution is 5.90. The van der Waals surface area contributed by atoms with Crippen molar-refractivity contribution in [3.05, 3.63) is 41.1 Å². The van der Waals surface area contributed by atoms with Gasteiger partial charge in [-0.1, -0.05) is 0 Å². The normalized spacial score (nSPS) is 9.91. The lowest BCUT2D eigenvalue weighted by Gasteiger charge is -2.11. The number of aryl methyl sites for hydroxylation is 1. The largest absolute Gasteiger partial charge is 0.497 e.